The second-order valence-corrected chi connectivity index (χ2v) is 8.65. The highest BCUT2D eigenvalue weighted by molar-refractivity contribution is 5.94. The fraction of sp³-hybridized carbons (Fsp3) is 0.591. The molecule has 0 aliphatic carbocycles. The number of fused-ring (bicyclic) bond motifs is 1. The second-order valence-electron chi connectivity index (χ2n) is 8.65. The van der Waals surface area contributed by atoms with Gasteiger partial charge in [-0.2, -0.15) is 0 Å². The number of rotatable bonds is 5. The summed E-state index contributed by atoms with van der Waals surface area (Å²) < 4.78 is 6.21. The van der Waals surface area contributed by atoms with Gasteiger partial charge in [-0.05, 0) is 50.8 Å². The minimum absolute atomic E-state index is 0.0793. The number of likely N-dealkylation sites (tertiary alicyclic amines) is 1. The lowest BCUT2D eigenvalue weighted by Gasteiger charge is -2.48. The molecule has 2 fully saturated rings. The lowest BCUT2D eigenvalue weighted by Crippen LogP contribution is -2.55. The molecule has 1 aromatic heterocycles. The van der Waals surface area contributed by atoms with Gasteiger partial charge in [0.1, 0.15) is 0 Å². The molecule has 4 rings (SSSR count). The Morgan fingerprint density at radius 3 is 2.71 bits per heavy atom. The maximum atomic E-state index is 12.5. The summed E-state index contributed by atoms with van der Waals surface area (Å²) >= 11 is 0. The van der Waals surface area contributed by atoms with E-state index in [1.807, 2.05) is 11.8 Å². The predicted molar refractivity (Wildman–Crippen MR) is 118 cm³/mol. The molecule has 2 aliphatic heterocycles. The molecule has 0 radical (unpaired) electrons. The van der Waals surface area contributed by atoms with Gasteiger partial charge in [0.05, 0.1) is 23.2 Å². The maximum Gasteiger partial charge on any atom is 0.323 e. The van der Waals surface area contributed by atoms with Crippen LogP contribution in [-0.4, -0.2) is 76.0 Å². The van der Waals surface area contributed by atoms with Crippen molar-refractivity contribution in [2.45, 2.75) is 51.2 Å². The van der Waals surface area contributed by atoms with Gasteiger partial charge in [-0.1, -0.05) is 0 Å². The van der Waals surface area contributed by atoms with Crippen molar-refractivity contribution in [3.8, 4) is 0 Å². The molecule has 1 aromatic carbocycles. The van der Waals surface area contributed by atoms with Gasteiger partial charge in [0.2, 0.25) is 11.8 Å². The Morgan fingerprint density at radius 2 is 2.00 bits per heavy atom. The molecular weight excluding hydrogens is 398 g/mol. The molecule has 0 bridgehead atoms. The van der Waals surface area contributed by atoms with E-state index in [1.165, 1.54) is 0 Å². The Morgan fingerprint density at radius 1 is 1.26 bits per heavy atom. The zero-order chi connectivity index (χ0) is 22.0. The van der Waals surface area contributed by atoms with E-state index in [0.29, 0.717) is 29.9 Å². The molecular formula is C22H31N5O4. The van der Waals surface area contributed by atoms with Crippen LogP contribution in [0.2, 0.25) is 0 Å². The normalized spacial score (nSPS) is 21.3. The second kappa shape index (κ2) is 8.84. The first-order chi connectivity index (χ1) is 14.9. The third-order valence-electron chi connectivity index (χ3n) is 6.59. The Balaban J connectivity index is 1.30. The summed E-state index contributed by atoms with van der Waals surface area (Å²) in [7, 11) is 0. The summed E-state index contributed by atoms with van der Waals surface area (Å²) in [5, 5.41) is 2.91. The number of anilines is 1. The van der Waals surface area contributed by atoms with E-state index < -0.39 is 0 Å². The number of hydrogen-bond acceptors (Lipinski definition) is 5. The molecule has 31 heavy (non-hydrogen) atoms. The van der Waals surface area contributed by atoms with Crippen LogP contribution in [0.1, 0.15) is 39.5 Å². The number of benzene rings is 1. The van der Waals surface area contributed by atoms with Crippen LogP contribution in [0, 0.1) is 0 Å². The minimum Gasteiger partial charge on any atom is -0.375 e. The highest BCUT2D eigenvalue weighted by atomic mass is 16.5. The summed E-state index contributed by atoms with van der Waals surface area (Å²) in [5.41, 5.74) is 1.57. The Hall–Kier alpha value is -2.65. The van der Waals surface area contributed by atoms with Crippen LogP contribution in [0.3, 0.4) is 0 Å². The number of carbonyl (C=O) groups excluding carboxylic acids is 2. The quantitative estimate of drug-likeness (QED) is 0.670. The molecule has 2 amide bonds. The molecule has 1 atom stereocenters. The molecule has 2 saturated heterocycles. The highest BCUT2D eigenvalue weighted by Gasteiger charge is 2.42. The molecule has 9 nitrogen and oxygen atoms in total. The average Bonchev–Trinajstić information content (AvgIpc) is 3.10. The Labute approximate surface area is 181 Å². The van der Waals surface area contributed by atoms with Gasteiger partial charge in [-0.3, -0.25) is 14.5 Å². The number of aromatic amines is 2. The van der Waals surface area contributed by atoms with Gasteiger partial charge in [0, 0.05) is 44.9 Å². The van der Waals surface area contributed by atoms with Crippen LogP contribution in [0.4, 0.5) is 5.69 Å². The summed E-state index contributed by atoms with van der Waals surface area (Å²) in [6.45, 7) is 6.96. The summed E-state index contributed by atoms with van der Waals surface area (Å²) in [6, 6.07) is 5.53. The van der Waals surface area contributed by atoms with Gasteiger partial charge < -0.3 is 24.9 Å². The van der Waals surface area contributed by atoms with Gasteiger partial charge in [-0.25, -0.2) is 4.79 Å². The van der Waals surface area contributed by atoms with E-state index in [4.69, 9.17) is 4.74 Å². The third kappa shape index (κ3) is 4.83. The zero-order valence-electron chi connectivity index (χ0n) is 18.2. The first-order valence-corrected chi connectivity index (χ1v) is 11.0. The first-order valence-electron chi connectivity index (χ1n) is 11.0. The van der Waals surface area contributed by atoms with E-state index in [1.54, 1.807) is 25.1 Å². The van der Waals surface area contributed by atoms with Crippen LogP contribution < -0.4 is 11.0 Å². The molecule has 3 N–H and O–H groups in total. The summed E-state index contributed by atoms with van der Waals surface area (Å²) in [4.78, 5) is 45.4. The van der Waals surface area contributed by atoms with Gasteiger partial charge >= 0.3 is 5.69 Å². The van der Waals surface area contributed by atoms with Crippen LogP contribution in [0.5, 0.6) is 0 Å². The van der Waals surface area contributed by atoms with Crippen molar-refractivity contribution in [1.82, 2.24) is 19.8 Å². The van der Waals surface area contributed by atoms with Crippen molar-refractivity contribution >= 4 is 28.5 Å². The molecule has 9 heteroatoms. The largest absolute Gasteiger partial charge is 0.375 e. The third-order valence-corrected chi connectivity index (χ3v) is 6.59. The SMILES string of the molecule is CCN(C(C)=O)[C@H]1CCOC2(CCN(CC(=O)Nc3ccc4[nH]c(=O)[nH]c4c3)CC2)C1. The first kappa shape index (κ1) is 21.6. The number of carbonyl (C=O) groups is 2. The van der Waals surface area contributed by atoms with E-state index in [0.717, 1.165) is 45.3 Å². The van der Waals surface area contributed by atoms with E-state index >= 15 is 0 Å². The molecule has 2 aromatic rings. The molecule has 168 valence electrons. The lowest BCUT2D eigenvalue weighted by molar-refractivity contribution is -0.149. The van der Waals surface area contributed by atoms with Crippen LogP contribution in [-0.2, 0) is 14.3 Å². The maximum absolute atomic E-state index is 12.5. The van der Waals surface area contributed by atoms with E-state index in [-0.39, 0.29) is 29.1 Å². The number of nitrogens with zero attached hydrogens (tertiary/aromatic N) is 2. The monoisotopic (exact) mass is 429 g/mol. The number of amides is 2. The summed E-state index contributed by atoms with van der Waals surface area (Å²) in [6.07, 6.45) is 3.49. The van der Waals surface area contributed by atoms with Crippen molar-refractivity contribution in [3.05, 3.63) is 28.7 Å². The fourth-order valence-corrected chi connectivity index (χ4v) is 4.99. The number of piperidine rings is 1. The molecule has 2 aliphatic rings. The van der Waals surface area contributed by atoms with Gasteiger partial charge in [0.25, 0.3) is 0 Å². The van der Waals surface area contributed by atoms with Crippen molar-refractivity contribution in [1.29, 1.82) is 0 Å². The number of imidazole rings is 1. The number of ether oxygens (including phenoxy) is 1. The summed E-state index contributed by atoms with van der Waals surface area (Å²) in [5.74, 6) is 0.0462. The van der Waals surface area contributed by atoms with Crippen LogP contribution >= 0.6 is 0 Å². The Kier molecular flexibility index (Phi) is 6.15. The lowest BCUT2D eigenvalue weighted by atomic mass is 9.81. The average molecular weight is 430 g/mol. The van der Waals surface area contributed by atoms with Crippen molar-refractivity contribution in [2.75, 3.05) is 38.1 Å². The van der Waals surface area contributed by atoms with Gasteiger partial charge in [-0.15, -0.1) is 0 Å². The number of hydrogen-bond donors (Lipinski definition) is 3. The van der Waals surface area contributed by atoms with Crippen molar-refractivity contribution in [3.63, 3.8) is 0 Å². The standard InChI is InChI=1S/C22H31N5O4/c1-3-27(15(2)28)17-6-11-31-22(13-17)7-9-26(10-8-22)14-20(29)23-16-4-5-18-19(12-16)25-21(30)24-18/h4-5,12,17H,3,6-11,13-14H2,1-2H3,(H,23,29)(H2,24,25,30)/t17-/m0/s1. The highest BCUT2D eigenvalue weighted by Crippen LogP contribution is 2.36. The molecule has 1 spiro atoms. The predicted octanol–water partition coefficient (Wildman–Crippen LogP) is 1.68. The Bertz CT molecular complexity index is 1000. The van der Waals surface area contributed by atoms with Crippen molar-refractivity contribution in [2.24, 2.45) is 0 Å². The smallest absolute Gasteiger partial charge is 0.323 e. The number of nitrogens with one attached hydrogen (secondary N) is 3. The number of H-pyrrole nitrogens is 2. The zero-order valence-corrected chi connectivity index (χ0v) is 18.2. The van der Waals surface area contributed by atoms with Crippen LogP contribution in [0.15, 0.2) is 23.0 Å². The fourth-order valence-electron chi connectivity index (χ4n) is 4.99. The van der Waals surface area contributed by atoms with Crippen LogP contribution in [0.25, 0.3) is 11.0 Å². The van der Waals surface area contributed by atoms with Gasteiger partial charge in [0.15, 0.2) is 0 Å². The van der Waals surface area contributed by atoms with E-state index in [9.17, 15) is 14.4 Å². The topological polar surface area (TPSA) is 111 Å². The van der Waals surface area contributed by atoms with E-state index in [2.05, 4.69) is 20.2 Å². The molecule has 0 unspecified atom stereocenters. The van der Waals surface area contributed by atoms with Crippen molar-refractivity contribution < 1.29 is 14.3 Å². The minimum atomic E-state index is -0.266. The molecule has 0 saturated carbocycles. The number of aromatic nitrogens is 2. The molecule has 3 heterocycles.